The molecule has 0 aliphatic heterocycles. The van der Waals surface area contributed by atoms with E-state index in [9.17, 15) is 14.3 Å². The van der Waals surface area contributed by atoms with Crippen molar-refractivity contribution in [3.05, 3.63) is 72.1 Å². The number of fused-ring (bicyclic) bond motifs is 1. The standard InChI is InChI=1S/C17H16FN3O2/c1-11(16(22)12-2-4-14(18)5-3-12)20-17(23)13-6-7-21-10-19-9-15(21)8-13/h2-11,16,22H,1H3,(H,20,23). The van der Waals surface area contributed by atoms with Crippen molar-refractivity contribution in [2.24, 2.45) is 0 Å². The normalized spacial score (nSPS) is 13.7. The van der Waals surface area contributed by atoms with Crippen LogP contribution < -0.4 is 5.32 Å². The maximum Gasteiger partial charge on any atom is 0.251 e. The van der Waals surface area contributed by atoms with E-state index in [1.807, 2.05) is 0 Å². The smallest absolute Gasteiger partial charge is 0.251 e. The summed E-state index contributed by atoms with van der Waals surface area (Å²) in [7, 11) is 0. The van der Waals surface area contributed by atoms with Gasteiger partial charge in [0.05, 0.1) is 30.2 Å². The molecule has 0 radical (unpaired) electrons. The Morgan fingerprint density at radius 2 is 2.04 bits per heavy atom. The Kier molecular flexibility index (Phi) is 4.08. The molecule has 0 bridgehead atoms. The number of pyridine rings is 1. The van der Waals surface area contributed by atoms with E-state index in [0.717, 1.165) is 5.52 Å². The van der Waals surface area contributed by atoms with Crippen LogP contribution in [0.25, 0.3) is 5.52 Å². The fourth-order valence-corrected chi connectivity index (χ4v) is 2.38. The van der Waals surface area contributed by atoms with Crippen molar-refractivity contribution >= 4 is 11.4 Å². The molecule has 1 amide bonds. The van der Waals surface area contributed by atoms with E-state index >= 15 is 0 Å². The van der Waals surface area contributed by atoms with Crippen molar-refractivity contribution in [2.45, 2.75) is 19.1 Å². The molecular formula is C17H16FN3O2. The highest BCUT2D eigenvalue weighted by Gasteiger charge is 2.19. The highest BCUT2D eigenvalue weighted by molar-refractivity contribution is 5.95. The summed E-state index contributed by atoms with van der Waals surface area (Å²) in [6, 6.07) is 8.44. The van der Waals surface area contributed by atoms with E-state index in [-0.39, 0.29) is 11.7 Å². The van der Waals surface area contributed by atoms with Gasteiger partial charge in [0, 0.05) is 11.8 Å². The summed E-state index contributed by atoms with van der Waals surface area (Å²) in [5.41, 5.74) is 1.84. The van der Waals surface area contributed by atoms with Crippen molar-refractivity contribution in [3.63, 3.8) is 0 Å². The molecule has 0 spiro atoms. The molecule has 118 valence electrons. The Morgan fingerprint density at radius 1 is 1.30 bits per heavy atom. The van der Waals surface area contributed by atoms with Crippen LogP contribution in [0.3, 0.4) is 0 Å². The Balaban J connectivity index is 1.72. The molecule has 3 aromatic rings. The molecule has 0 saturated heterocycles. The number of aromatic nitrogens is 2. The third-order valence-corrected chi connectivity index (χ3v) is 3.72. The van der Waals surface area contributed by atoms with Gasteiger partial charge >= 0.3 is 0 Å². The molecule has 1 aromatic carbocycles. The third kappa shape index (κ3) is 3.22. The first kappa shape index (κ1) is 15.2. The van der Waals surface area contributed by atoms with E-state index in [2.05, 4.69) is 10.3 Å². The Bertz CT molecular complexity index is 829. The van der Waals surface area contributed by atoms with Crippen LogP contribution in [0, 0.1) is 5.82 Å². The van der Waals surface area contributed by atoms with Crippen molar-refractivity contribution in [3.8, 4) is 0 Å². The second-order valence-corrected chi connectivity index (χ2v) is 5.40. The molecule has 5 nitrogen and oxygen atoms in total. The Labute approximate surface area is 132 Å². The van der Waals surface area contributed by atoms with Crippen molar-refractivity contribution in [1.82, 2.24) is 14.7 Å². The lowest BCUT2D eigenvalue weighted by Gasteiger charge is -2.20. The number of carbonyl (C=O) groups is 1. The van der Waals surface area contributed by atoms with Crippen LogP contribution in [-0.2, 0) is 0 Å². The van der Waals surface area contributed by atoms with Gasteiger partial charge in [0.15, 0.2) is 0 Å². The lowest BCUT2D eigenvalue weighted by Crippen LogP contribution is -2.37. The minimum absolute atomic E-state index is 0.289. The number of hydrogen-bond acceptors (Lipinski definition) is 3. The van der Waals surface area contributed by atoms with E-state index in [4.69, 9.17) is 0 Å². The maximum atomic E-state index is 12.9. The number of rotatable bonds is 4. The topological polar surface area (TPSA) is 66.6 Å². The predicted octanol–water partition coefficient (Wildman–Crippen LogP) is 2.33. The first-order valence-corrected chi connectivity index (χ1v) is 7.21. The lowest BCUT2D eigenvalue weighted by atomic mass is 10.0. The Hall–Kier alpha value is -2.73. The van der Waals surface area contributed by atoms with Crippen LogP contribution in [0.4, 0.5) is 4.39 Å². The molecule has 0 saturated carbocycles. The maximum absolute atomic E-state index is 12.9. The number of amides is 1. The highest BCUT2D eigenvalue weighted by atomic mass is 19.1. The van der Waals surface area contributed by atoms with Gasteiger partial charge in [-0.2, -0.15) is 0 Å². The number of halogens is 1. The predicted molar refractivity (Wildman–Crippen MR) is 83.5 cm³/mol. The minimum Gasteiger partial charge on any atom is -0.386 e. The van der Waals surface area contributed by atoms with Crippen molar-refractivity contribution in [1.29, 1.82) is 0 Å². The largest absolute Gasteiger partial charge is 0.386 e. The van der Waals surface area contributed by atoms with Crippen molar-refractivity contribution < 1.29 is 14.3 Å². The molecule has 3 rings (SSSR count). The van der Waals surface area contributed by atoms with Gasteiger partial charge in [0.25, 0.3) is 5.91 Å². The number of aliphatic hydroxyl groups excluding tert-OH is 1. The number of nitrogens with zero attached hydrogens (tertiary/aromatic N) is 2. The van der Waals surface area contributed by atoms with Gasteiger partial charge in [-0.1, -0.05) is 12.1 Å². The zero-order valence-electron chi connectivity index (χ0n) is 12.5. The van der Waals surface area contributed by atoms with Crippen LogP contribution in [0.2, 0.25) is 0 Å². The SMILES string of the molecule is CC(NC(=O)c1ccn2cncc2c1)C(O)c1ccc(F)cc1. The third-order valence-electron chi connectivity index (χ3n) is 3.72. The van der Waals surface area contributed by atoms with Gasteiger partial charge in [-0.05, 0) is 36.8 Å². The molecule has 2 aromatic heterocycles. The van der Waals surface area contributed by atoms with E-state index in [0.29, 0.717) is 11.1 Å². The fraction of sp³-hybridized carbons (Fsp3) is 0.176. The van der Waals surface area contributed by atoms with Gasteiger partial charge in [-0.25, -0.2) is 9.37 Å². The summed E-state index contributed by atoms with van der Waals surface area (Å²) < 4.78 is 14.7. The molecule has 6 heteroatoms. The second-order valence-electron chi connectivity index (χ2n) is 5.40. The van der Waals surface area contributed by atoms with Crippen molar-refractivity contribution in [2.75, 3.05) is 0 Å². The molecule has 23 heavy (non-hydrogen) atoms. The first-order chi connectivity index (χ1) is 11.0. The number of benzene rings is 1. The fourth-order valence-electron chi connectivity index (χ4n) is 2.38. The minimum atomic E-state index is -0.918. The zero-order valence-corrected chi connectivity index (χ0v) is 12.5. The lowest BCUT2D eigenvalue weighted by molar-refractivity contribution is 0.0852. The summed E-state index contributed by atoms with van der Waals surface area (Å²) in [6.45, 7) is 1.70. The number of hydrogen-bond donors (Lipinski definition) is 2. The zero-order chi connectivity index (χ0) is 16.4. The van der Waals surface area contributed by atoms with E-state index < -0.39 is 12.1 Å². The average molecular weight is 313 g/mol. The van der Waals surface area contributed by atoms with Crippen LogP contribution >= 0.6 is 0 Å². The molecule has 2 N–H and O–H groups in total. The van der Waals surface area contributed by atoms with E-state index in [1.165, 1.54) is 24.3 Å². The average Bonchev–Trinajstić information content (AvgIpc) is 3.02. The molecular weight excluding hydrogens is 297 g/mol. The van der Waals surface area contributed by atoms with Gasteiger partial charge in [-0.15, -0.1) is 0 Å². The molecule has 2 atom stereocenters. The van der Waals surface area contributed by atoms with Gasteiger partial charge in [0.2, 0.25) is 0 Å². The summed E-state index contributed by atoms with van der Waals surface area (Å²) in [5, 5.41) is 13.0. The molecule has 0 fully saturated rings. The number of nitrogens with one attached hydrogen (secondary N) is 1. The monoisotopic (exact) mass is 313 g/mol. The summed E-state index contributed by atoms with van der Waals surface area (Å²) in [5.74, 6) is -0.658. The summed E-state index contributed by atoms with van der Waals surface area (Å²) in [6.07, 6.45) is 4.14. The van der Waals surface area contributed by atoms with Crippen LogP contribution in [-0.4, -0.2) is 26.4 Å². The van der Waals surface area contributed by atoms with Crippen LogP contribution in [0.15, 0.2) is 55.1 Å². The number of carbonyl (C=O) groups excluding carboxylic acids is 1. The van der Waals surface area contributed by atoms with Crippen LogP contribution in [0.5, 0.6) is 0 Å². The van der Waals surface area contributed by atoms with Crippen LogP contribution in [0.1, 0.15) is 28.9 Å². The quantitative estimate of drug-likeness (QED) is 0.777. The van der Waals surface area contributed by atoms with Gasteiger partial charge < -0.3 is 14.8 Å². The molecule has 2 unspecified atom stereocenters. The number of aliphatic hydroxyl groups is 1. The second kappa shape index (κ2) is 6.18. The van der Waals surface area contributed by atoms with Gasteiger partial charge in [-0.3, -0.25) is 4.79 Å². The van der Waals surface area contributed by atoms with E-state index in [1.54, 1.807) is 42.2 Å². The number of imidazole rings is 1. The van der Waals surface area contributed by atoms with Gasteiger partial charge in [0.1, 0.15) is 5.82 Å². The summed E-state index contributed by atoms with van der Waals surface area (Å²) >= 11 is 0. The first-order valence-electron chi connectivity index (χ1n) is 7.21. The summed E-state index contributed by atoms with van der Waals surface area (Å²) in [4.78, 5) is 16.3. The molecule has 0 aliphatic rings. The Morgan fingerprint density at radius 3 is 2.78 bits per heavy atom. The molecule has 2 heterocycles. The highest BCUT2D eigenvalue weighted by Crippen LogP contribution is 2.17. The molecule has 0 aliphatic carbocycles.